The van der Waals surface area contributed by atoms with Crippen LogP contribution in [0.3, 0.4) is 0 Å². The van der Waals surface area contributed by atoms with Gasteiger partial charge in [0.25, 0.3) is 0 Å². The summed E-state index contributed by atoms with van der Waals surface area (Å²) in [6.07, 6.45) is 2.59. The van der Waals surface area contributed by atoms with Gasteiger partial charge in [0, 0.05) is 13.2 Å². The number of nitrogens with zero attached hydrogens (tertiary/aromatic N) is 2. The third-order valence-corrected chi connectivity index (χ3v) is 4.31. The van der Waals surface area contributed by atoms with Crippen LogP contribution in [0.5, 0.6) is 0 Å². The van der Waals surface area contributed by atoms with Crippen molar-refractivity contribution in [2.75, 3.05) is 19.7 Å². The summed E-state index contributed by atoms with van der Waals surface area (Å²) in [6, 6.07) is 6.88. The maximum absolute atomic E-state index is 6.09. The number of hydrogen-bond acceptors (Lipinski definition) is 4. The second kappa shape index (κ2) is 5.44. The standard InChI is InChI=1S/C16H23N3O/c1-11-5-6-14(12(2)8-11)15-9-18-16(17)19(15)10-13-4-3-7-20-13/h5-6,8,13,15H,3-4,7,9-10H2,1-2H3,(H2,17,18). The Morgan fingerprint density at radius 3 is 2.95 bits per heavy atom. The van der Waals surface area contributed by atoms with Crippen LogP contribution in [0.1, 0.15) is 35.6 Å². The van der Waals surface area contributed by atoms with Crippen LogP contribution in [0, 0.1) is 13.8 Å². The number of ether oxygens (including phenoxy) is 1. The fraction of sp³-hybridized carbons (Fsp3) is 0.562. The van der Waals surface area contributed by atoms with E-state index in [1.807, 2.05) is 0 Å². The van der Waals surface area contributed by atoms with Gasteiger partial charge >= 0.3 is 0 Å². The lowest BCUT2D eigenvalue weighted by Crippen LogP contribution is -2.41. The molecule has 3 rings (SSSR count). The summed E-state index contributed by atoms with van der Waals surface area (Å²) < 4.78 is 5.74. The summed E-state index contributed by atoms with van der Waals surface area (Å²) in [5, 5.41) is 0. The lowest BCUT2D eigenvalue weighted by Gasteiger charge is -2.29. The first kappa shape index (κ1) is 13.4. The Labute approximate surface area is 120 Å². The largest absolute Gasteiger partial charge is 0.376 e. The Kier molecular flexibility index (Phi) is 3.66. The van der Waals surface area contributed by atoms with Gasteiger partial charge in [0.2, 0.25) is 0 Å². The zero-order chi connectivity index (χ0) is 14.1. The molecular formula is C16H23N3O. The minimum absolute atomic E-state index is 0.264. The van der Waals surface area contributed by atoms with E-state index in [2.05, 4.69) is 41.9 Å². The van der Waals surface area contributed by atoms with Crippen LogP contribution in [-0.2, 0) is 4.74 Å². The van der Waals surface area contributed by atoms with E-state index in [1.54, 1.807) is 0 Å². The summed E-state index contributed by atoms with van der Waals surface area (Å²) in [7, 11) is 0. The molecule has 0 aliphatic carbocycles. The molecule has 1 saturated heterocycles. The van der Waals surface area contributed by atoms with Gasteiger partial charge in [-0.05, 0) is 37.8 Å². The monoisotopic (exact) mass is 273 g/mol. The zero-order valence-corrected chi connectivity index (χ0v) is 12.3. The summed E-state index contributed by atoms with van der Waals surface area (Å²) in [5.41, 5.74) is 10.0. The number of rotatable bonds is 3. The number of nitrogens with two attached hydrogens (primary N) is 1. The Balaban J connectivity index is 1.80. The molecule has 2 N–H and O–H groups in total. The third kappa shape index (κ3) is 2.52. The molecule has 0 radical (unpaired) electrons. The Morgan fingerprint density at radius 1 is 1.40 bits per heavy atom. The van der Waals surface area contributed by atoms with Crippen LogP contribution >= 0.6 is 0 Å². The lowest BCUT2D eigenvalue weighted by molar-refractivity contribution is 0.0852. The minimum atomic E-state index is 0.264. The van der Waals surface area contributed by atoms with Gasteiger partial charge in [-0.1, -0.05) is 23.8 Å². The highest BCUT2D eigenvalue weighted by atomic mass is 16.5. The van der Waals surface area contributed by atoms with E-state index in [4.69, 9.17) is 10.5 Å². The van der Waals surface area contributed by atoms with Crippen molar-refractivity contribution in [2.24, 2.45) is 10.7 Å². The minimum Gasteiger partial charge on any atom is -0.376 e. The van der Waals surface area contributed by atoms with Gasteiger partial charge in [-0.15, -0.1) is 0 Å². The second-order valence-corrected chi connectivity index (χ2v) is 5.86. The van der Waals surface area contributed by atoms with Crippen molar-refractivity contribution < 1.29 is 4.74 Å². The van der Waals surface area contributed by atoms with Crippen molar-refractivity contribution in [1.82, 2.24) is 4.90 Å². The van der Waals surface area contributed by atoms with Crippen molar-refractivity contribution in [3.8, 4) is 0 Å². The van der Waals surface area contributed by atoms with Crippen LogP contribution in [0.25, 0.3) is 0 Å². The normalized spacial score (nSPS) is 26.1. The van der Waals surface area contributed by atoms with E-state index in [0.717, 1.165) is 32.5 Å². The molecule has 1 aromatic rings. The van der Waals surface area contributed by atoms with Gasteiger partial charge in [-0.2, -0.15) is 0 Å². The average Bonchev–Trinajstić information content (AvgIpc) is 3.03. The molecule has 1 aromatic carbocycles. The Bertz CT molecular complexity index is 520. The van der Waals surface area contributed by atoms with Crippen molar-refractivity contribution in [2.45, 2.75) is 38.8 Å². The van der Waals surface area contributed by atoms with Crippen molar-refractivity contribution in [3.05, 3.63) is 34.9 Å². The number of aryl methyl sites for hydroxylation is 2. The predicted octanol–water partition coefficient (Wildman–Crippen LogP) is 2.15. The molecule has 2 heterocycles. The highest BCUT2D eigenvalue weighted by Crippen LogP contribution is 2.29. The highest BCUT2D eigenvalue weighted by molar-refractivity contribution is 5.80. The van der Waals surface area contributed by atoms with Crippen LogP contribution < -0.4 is 5.73 Å². The molecule has 2 aliphatic heterocycles. The van der Waals surface area contributed by atoms with Gasteiger partial charge in [0.15, 0.2) is 5.96 Å². The molecule has 0 spiro atoms. The van der Waals surface area contributed by atoms with Crippen LogP contribution in [0.4, 0.5) is 0 Å². The molecule has 4 heteroatoms. The highest BCUT2D eigenvalue weighted by Gasteiger charge is 2.31. The van der Waals surface area contributed by atoms with Gasteiger partial charge in [-0.25, -0.2) is 0 Å². The average molecular weight is 273 g/mol. The van der Waals surface area contributed by atoms with Crippen molar-refractivity contribution in [3.63, 3.8) is 0 Å². The molecule has 4 nitrogen and oxygen atoms in total. The SMILES string of the molecule is Cc1ccc(C2CN=C(N)N2CC2CCCO2)c(C)c1. The van der Waals surface area contributed by atoms with E-state index in [1.165, 1.54) is 16.7 Å². The van der Waals surface area contributed by atoms with Gasteiger partial charge in [-0.3, -0.25) is 4.99 Å². The lowest BCUT2D eigenvalue weighted by atomic mass is 9.98. The van der Waals surface area contributed by atoms with Crippen LogP contribution in [-0.4, -0.2) is 36.7 Å². The van der Waals surface area contributed by atoms with E-state index in [-0.39, 0.29) is 6.04 Å². The summed E-state index contributed by atoms with van der Waals surface area (Å²) in [6.45, 7) is 6.78. The fourth-order valence-corrected chi connectivity index (χ4v) is 3.22. The molecule has 0 saturated carbocycles. The third-order valence-electron chi connectivity index (χ3n) is 4.31. The molecule has 20 heavy (non-hydrogen) atoms. The second-order valence-electron chi connectivity index (χ2n) is 5.86. The van der Waals surface area contributed by atoms with Crippen molar-refractivity contribution in [1.29, 1.82) is 0 Å². The van der Waals surface area contributed by atoms with E-state index in [0.29, 0.717) is 12.1 Å². The fourth-order valence-electron chi connectivity index (χ4n) is 3.22. The molecule has 0 amide bonds. The Hall–Kier alpha value is -1.55. The molecule has 2 unspecified atom stereocenters. The van der Waals surface area contributed by atoms with Gasteiger partial charge in [0.05, 0.1) is 18.7 Å². The molecule has 2 atom stereocenters. The quantitative estimate of drug-likeness (QED) is 0.918. The topological polar surface area (TPSA) is 50.8 Å². The van der Waals surface area contributed by atoms with Gasteiger partial charge < -0.3 is 15.4 Å². The number of aliphatic imine (C=N–C) groups is 1. The molecule has 108 valence electrons. The zero-order valence-electron chi connectivity index (χ0n) is 12.3. The van der Waals surface area contributed by atoms with E-state index in [9.17, 15) is 0 Å². The molecule has 1 fully saturated rings. The first-order valence-corrected chi connectivity index (χ1v) is 7.40. The maximum atomic E-state index is 6.09. The summed E-state index contributed by atoms with van der Waals surface area (Å²) in [5.74, 6) is 0.658. The summed E-state index contributed by atoms with van der Waals surface area (Å²) >= 11 is 0. The van der Waals surface area contributed by atoms with E-state index < -0.39 is 0 Å². The van der Waals surface area contributed by atoms with E-state index >= 15 is 0 Å². The predicted molar refractivity (Wildman–Crippen MR) is 80.8 cm³/mol. The molecular weight excluding hydrogens is 250 g/mol. The Morgan fingerprint density at radius 2 is 2.25 bits per heavy atom. The van der Waals surface area contributed by atoms with Crippen LogP contribution in [0.15, 0.2) is 23.2 Å². The number of hydrogen-bond donors (Lipinski definition) is 1. The first-order valence-electron chi connectivity index (χ1n) is 7.40. The number of guanidine groups is 1. The smallest absolute Gasteiger partial charge is 0.192 e. The molecule has 0 aromatic heterocycles. The van der Waals surface area contributed by atoms with Crippen molar-refractivity contribution >= 4 is 5.96 Å². The van der Waals surface area contributed by atoms with Gasteiger partial charge in [0.1, 0.15) is 0 Å². The number of benzene rings is 1. The molecule has 2 aliphatic rings. The van der Waals surface area contributed by atoms with Crippen LogP contribution in [0.2, 0.25) is 0 Å². The molecule has 0 bridgehead atoms. The summed E-state index contributed by atoms with van der Waals surface area (Å²) in [4.78, 5) is 6.66. The first-order chi connectivity index (χ1) is 9.65. The maximum Gasteiger partial charge on any atom is 0.192 e.